The van der Waals surface area contributed by atoms with Gasteiger partial charge in [-0.1, -0.05) is 0 Å². The van der Waals surface area contributed by atoms with Crippen LogP contribution in [0.5, 0.6) is 0 Å². The molecule has 3 heterocycles. The van der Waals surface area contributed by atoms with Gasteiger partial charge >= 0.3 is 6.18 Å². The smallest absolute Gasteiger partial charge is 0.347 e. The van der Waals surface area contributed by atoms with E-state index >= 15 is 0 Å². The van der Waals surface area contributed by atoms with Gasteiger partial charge in [-0.2, -0.15) is 18.3 Å². The lowest BCUT2D eigenvalue weighted by molar-refractivity contribution is -0.137. The molecule has 1 aromatic carbocycles. The van der Waals surface area contributed by atoms with E-state index < -0.39 is 29.7 Å². The van der Waals surface area contributed by atoms with E-state index in [0.717, 1.165) is 17.8 Å². The van der Waals surface area contributed by atoms with Crippen molar-refractivity contribution in [1.82, 2.24) is 25.0 Å². The van der Waals surface area contributed by atoms with Crippen LogP contribution >= 0.6 is 0 Å². The highest BCUT2D eigenvalue weighted by Gasteiger charge is 2.35. The van der Waals surface area contributed by atoms with E-state index in [9.17, 15) is 22.8 Å². The number of carbonyl (C=O) groups excluding carboxylic acids is 2. The van der Waals surface area contributed by atoms with Crippen LogP contribution in [0.1, 0.15) is 47.4 Å². The zero-order valence-electron chi connectivity index (χ0n) is 17.3. The summed E-state index contributed by atoms with van der Waals surface area (Å²) < 4.78 is 43.7. The second-order valence-corrected chi connectivity index (χ2v) is 7.59. The Morgan fingerprint density at radius 2 is 2.00 bits per heavy atom. The third kappa shape index (κ3) is 4.39. The van der Waals surface area contributed by atoms with Gasteiger partial charge < -0.3 is 15.2 Å². The van der Waals surface area contributed by atoms with Crippen LogP contribution in [0.2, 0.25) is 0 Å². The van der Waals surface area contributed by atoms with Crippen LogP contribution in [0.4, 0.5) is 13.2 Å². The fourth-order valence-electron chi connectivity index (χ4n) is 3.92. The number of hydrogen-bond acceptors (Lipinski definition) is 3. The number of aryl methyl sites for hydroxylation is 1. The number of hydrogen-bond donors (Lipinski definition) is 2. The number of benzene rings is 1. The summed E-state index contributed by atoms with van der Waals surface area (Å²) >= 11 is 0. The lowest BCUT2D eigenvalue weighted by Gasteiger charge is -2.33. The summed E-state index contributed by atoms with van der Waals surface area (Å²) in [4.78, 5) is 25.1. The molecule has 2 aromatic heterocycles. The second-order valence-electron chi connectivity index (χ2n) is 7.59. The van der Waals surface area contributed by atoms with Crippen molar-refractivity contribution in [3.63, 3.8) is 0 Å². The number of alkyl halides is 3. The molecule has 1 aliphatic heterocycles. The molecule has 1 fully saturated rings. The molecule has 2 atom stereocenters. The highest BCUT2D eigenvalue weighted by molar-refractivity contribution is 5.95. The largest absolute Gasteiger partial charge is 0.416 e. The number of aromatic nitrogens is 3. The Morgan fingerprint density at radius 3 is 2.69 bits per heavy atom. The lowest BCUT2D eigenvalue weighted by Crippen LogP contribution is -2.50. The molecular weight excluding hydrogens is 423 g/mol. The molecule has 7 nitrogen and oxygen atoms in total. The molecule has 2 unspecified atom stereocenters. The number of rotatable bonds is 5. The molecule has 1 saturated heterocycles. The summed E-state index contributed by atoms with van der Waals surface area (Å²) in [5, 5.41) is 9.91. The van der Waals surface area contributed by atoms with Gasteiger partial charge in [0, 0.05) is 42.8 Å². The monoisotopic (exact) mass is 445 g/mol. The summed E-state index contributed by atoms with van der Waals surface area (Å²) in [6.45, 7) is 2.48. The quantitative estimate of drug-likeness (QED) is 0.631. The standard InChI is InChI=1S/C22H22F3N5O2/c1-2-30-18(7-8-26-30)20-17(5-6-19(31)28-20)27-21(32)14-11-15(22(23,24)25)13-16(12-14)29-9-3-4-10-29/h3-4,7-13,17,20H,2,5-6H2,1H3,(H,27,32)(H,28,31). The molecule has 4 rings (SSSR count). The number of nitrogens with one attached hydrogen (secondary N) is 2. The Morgan fingerprint density at radius 1 is 1.25 bits per heavy atom. The lowest BCUT2D eigenvalue weighted by atomic mass is 9.94. The van der Waals surface area contributed by atoms with Crippen LogP contribution in [0, 0.1) is 0 Å². The minimum atomic E-state index is -4.60. The van der Waals surface area contributed by atoms with Gasteiger partial charge in [0.15, 0.2) is 0 Å². The number of piperidine rings is 1. The maximum atomic E-state index is 13.5. The van der Waals surface area contributed by atoms with Gasteiger partial charge in [0.25, 0.3) is 5.91 Å². The van der Waals surface area contributed by atoms with Crippen LogP contribution in [0.15, 0.2) is 55.0 Å². The van der Waals surface area contributed by atoms with Gasteiger partial charge in [0.05, 0.1) is 23.3 Å². The maximum absolute atomic E-state index is 13.5. The molecule has 0 radical (unpaired) electrons. The van der Waals surface area contributed by atoms with E-state index in [1.807, 2.05) is 6.92 Å². The molecule has 32 heavy (non-hydrogen) atoms. The Balaban J connectivity index is 1.65. The van der Waals surface area contributed by atoms with Gasteiger partial charge in [-0.05, 0) is 49.7 Å². The normalized spacial score (nSPS) is 18.9. The van der Waals surface area contributed by atoms with Crippen molar-refractivity contribution >= 4 is 11.8 Å². The van der Waals surface area contributed by atoms with Gasteiger partial charge in [0.1, 0.15) is 0 Å². The van der Waals surface area contributed by atoms with Crippen LogP contribution < -0.4 is 10.6 Å². The van der Waals surface area contributed by atoms with Gasteiger partial charge in [-0.15, -0.1) is 0 Å². The molecule has 0 spiro atoms. The van der Waals surface area contributed by atoms with Crippen molar-refractivity contribution in [2.75, 3.05) is 0 Å². The molecule has 0 saturated carbocycles. The first-order valence-electron chi connectivity index (χ1n) is 10.2. The van der Waals surface area contributed by atoms with Crippen molar-refractivity contribution in [3.05, 3.63) is 71.8 Å². The zero-order chi connectivity index (χ0) is 22.9. The first-order chi connectivity index (χ1) is 15.3. The van der Waals surface area contributed by atoms with Crippen molar-refractivity contribution in [2.24, 2.45) is 0 Å². The zero-order valence-corrected chi connectivity index (χ0v) is 17.3. The molecule has 10 heteroatoms. The Bertz CT molecular complexity index is 1120. The molecule has 3 aromatic rings. The number of halogens is 3. The summed E-state index contributed by atoms with van der Waals surface area (Å²) in [5.74, 6) is -0.795. The minimum Gasteiger partial charge on any atom is -0.347 e. The van der Waals surface area contributed by atoms with Crippen molar-refractivity contribution < 1.29 is 22.8 Å². The molecule has 2 N–H and O–H groups in total. The molecular formula is C22H22F3N5O2. The summed E-state index contributed by atoms with van der Waals surface area (Å²) in [6, 6.07) is 7.36. The van der Waals surface area contributed by atoms with E-state index in [0.29, 0.717) is 13.0 Å². The SMILES string of the molecule is CCn1nccc1C1NC(=O)CCC1NC(=O)c1cc(-n2cccc2)cc(C(F)(F)F)c1. The van der Waals surface area contributed by atoms with E-state index in [4.69, 9.17) is 0 Å². The fraction of sp³-hybridized carbons (Fsp3) is 0.318. The van der Waals surface area contributed by atoms with Crippen molar-refractivity contribution in [1.29, 1.82) is 0 Å². The van der Waals surface area contributed by atoms with Crippen molar-refractivity contribution in [2.45, 2.75) is 44.6 Å². The highest BCUT2D eigenvalue weighted by Crippen LogP contribution is 2.32. The topological polar surface area (TPSA) is 81.0 Å². The van der Waals surface area contributed by atoms with Crippen LogP contribution in [-0.4, -0.2) is 32.2 Å². The van der Waals surface area contributed by atoms with E-state index in [2.05, 4.69) is 15.7 Å². The maximum Gasteiger partial charge on any atom is 0.416 e. The van der Waals surface area contributed by atoms with Crippen molar-refractivity contribution in [3.8, 4) is 5.69 Å². The van der Waals surface area contributed by atoms with Crippen LogP contribution in [0.25, 0.3) is 5.69 Å². The van der Waals surface area contributed by atoms with E-state index in [-0.39, 0.29) is 23.6 Å². The first-order valence-corrected chi connectivity index (χ1v) is 10.2. The van der Waals surface area contributed by atoms with Crippen LogP contribution in [-0.2, 0) is 17.5 Å². The minimum absolute atomic E-state index is 0.108. The summed E-state index contributed by atoms with van der Waals surface area (Å²) in [7, 11) is 0. The molecule has 0 bridgehead atoms. The third-order valence-corrected chi connectivity index (χ3v) is 5.50. The van der Waals surface area contributed by atoms with Gasteiger partial charge in [0.2, 0.25) is 5.91 Å². The number of nitrogens with zero attached hydrogens (tertiary/aromatic N) is 3. The molecule has 0 aliphatic carbocycles. The molecule has 168 valence electrons. The average molecular weight is 445 g/mol. The Hall–Kier alpha value is -3.56. The fourth-order valence-corrected chi connectivity index (χ4v) is 3.92. The van der Waals surface area contributed by atoms with Crippen LogP contribution in [0.3, 0.4) is 0 Å². The molecule has 2 amide bonds. The van der Waals surface area contributed by atoms with Gasteiger partial charge in [-0.25, -0.2) is 0 Å². The predicted molar refractivity (Wildman–Crippen MR) is 110 cm³/mol. The molecule has 1 aliphatic rings. The number of carbonyl (C=O) groups is 2. The Labute approximate surface area is 182 Å². The average Bonchev–Trinajstić information content (AvgIpc) is 3.46. The summed E-state index contributed by atoms with van der Waals surface area (Å²) in [6.07, 6.45) is 0.785. The third-order valence-electron chi connectivity index (χ3n) is 5.50. The highest BCUT2D eigenvalue weighted by atomic mass is 19.4. The summed E-state index contributed by atoms with van der Waals surface area (Å²) in [5.41, 5.74) is -0.0648. The van der Waals surface area contributed by atoms with Gasteiger partial charge in [-0.3, -0.25) is 14.3 Å². The van der Waals surface area contributed by atoms with E-state index in [1.54, 1.807) is 41.5 Å². The number of amides is 2. The predicted octanol–water partition coefficient (Wildman–Crippen LogP) is 3.46. The van der Waals surface area contributed by atoms with E-state index in [1.165, 1.54) is 10.6 Å². The first kappa shape index (κ1) is 21.7. The second kappa shape index (κ2) is 8.52. The Kier molecular flexibility index (Phi) is 5.77.